The Morgan fingerprint density at radius 2 is 1.81 bits per heavy atom. The van der Waals surface area contributed by atoms with Gasteiger partial charge in [-0.2, -0.15) is 0 Å². The molecule has 1 aromatic carbocycles. The van der Waals surface area contributed by atoms with Crippen molar-refractivity contribution in [1.82, 2.24) is 4.90 Å². The average molecular weight is 373 g/mol. The average Bonchev–Trinajstić information content (AvgIpc) is 2.93. The summed E-state index contributed by atoms with van der Waals surface area (Å²) in [6.07, 6.45) is 1.28. The monoisotopic (exact) mass is 373 g/mol. The summed E-state index contributed by atoms with van der Waals surface area (Å²) in [5.74, 6) is -0.213. The Morgan fingerprint density at radius 1 is 1.15 bits per heavy atom. The Kier molecular flexibility index (Phi) is 5.39. The van der Waals surface area contributed by atoms with E-state index in [1.807, 2.05) is 45.0 Å². The van der Waals surface area contributed by atoms with Crippen LogP contribution in [0.4, 0.5) is 16.2 Å². The van der Waals surface area contributed by atoms with E-state index < -0.39 is 5.60 Å². The van der Waals surface area contributed by atoms with Gasteiger partial charge < -0.3 is 19.9 Å². The molecule has 2 aliphatic rings. The highest BCUT2D eigenvalue weighted by Gasteiger charge is 2.31. The van der Waals surface area contributed by atoms with Gasteiger partial charge in [-0.25, -0.2) is 4.79 Å². The summed E-state index contributed by atoms with van der Waals surface area (Å²) >= 11 is 0. The Labute approximate surface area is 159 Å². The second-order valence-corrected chi connectivity index (χ2v) is 8.10. The van der Waals surface area contributed by atoms with Crippen molar-refractivity contribution < 1.29 is 19.1 Å². The molecule has 0 atom stereocenters. The molecule has 7 nitrogen and oxygen atoms in total. The number of anilines is 2. The highest BCUT2D eigenvalue weighted by molar-refractivity contribution is 6.16. The summed E-state index contributed by atoms with van der Waals surface area (Å²) < 4.78 is 5.43. The number of benzene rings is 1. The van der Waals surface area contributed by atoms with Crippen LogP contribution in [0, 0.1) is 0 Å². The third-order valence-corrected chi connectivity index (χ3v) is 4.69. The van der Waals surface area contributed by atoms with Crippen molar-refractivity contribution >= 4 is 29.2 Å². The van der Waals surface area contributed by atoms with E-state index in [4.69, 9.17) is 4.74 Å². The van der Waals surface area contributed by atoms with Crippen molar-refractivity contribution in [3.63, 3.8) is 0 Å². The van der Waals surface area contributed by atoms with Gasteiger partial charge in [0.1, 0.15) is 5.60 Å². The predicted molar refractivity (Wildman–Crippen MR) is 103 cm³/mol. The van der Waals surface area contributed by atoms with Gasteiger partial charge in [0.25, 0.3) is 0 Å². The maximum absolute atomic E-state index is 12.2. The summed E-state index contributed by atoms with van der Waals surface area (Å²) in [5.41, 5.74) is 1.09. The third-order valence-electron chi connectivity index (χ3n) is 4.69. The summed E-state index contributed by atoms with van der Waals surface area (Å²) in [6, 6.07) is 7.74. The van der Waals surface area contributed by atoms with Crippen molar-refractivity contribution in [3.05, 3.63) is 24.3 Å². The Balaban J connectivity index is 1.61. The molecule has 2 aliphatic heterocycles. The number of para-hydroxylation sites is 2. The van der Waals surface area contributed by atoms with Crippen LogP contribution in [-0.4, -0.2) is 54.0 Å². The van der Waals surface area contributed by atoms with Gasteiger partial charge in [-0.15, -0.1) is 0 Å². The fourth-order valence-electron chi connectivity index (χ4n) is 3.39. The zero-order valence-corrected chi connectivity index (χ0v) is 16.2. The van der Waals surface area contributed by atoms with Crippen LogP contribution in [0.15, 0.2) is 24.3 Å². The minimum Gasteiger partial charge on any atom is -0.444 e. The lowest BCUT2D eigenvalue weighted by atomic mass is 10.0. The molecule has 7 heteroatoms. The minimum absolute atomic E-state index is 0.0252. The van der Waals surface area contributed by atoms with E-state index in [9.17, 15) is 14.4 Å². The number of ether oxygens (including phenoxy) is 1. The molecule has 146 valence electrons. The molecular formula is C20H27N3O4. The molecule has 1 aromatic rings. The number of nitrogens with zero attached hydrogens (tertiary/aromatic N) is 2. The number of amides is 2. The first-order valence-corrected chi connectivity index (χ1v) is 9.38. The summed E-state index contributed by atoms with van der Waals surface area (Å²) in [6.45, 7) is 6.96. The molecule has 0 aliphatic carbocycles. The first-order valence-electron chi connectivity index (χ1n) is 9.38. The van der Waals surface area contributed by atoms with Crippen LogP contribution in [0.2, 0.25) is 0 Å². The fourth-order valence-corrected chi connectivity index (χ4v) is 3.39. The second kappa shape index (κ2) is 7.58. The first kappa shape index (κ1) is 19.2. The highest BCUT2D eigenvalue weighted by Crippen LogP contribution is 2.30. The van der Waals surface area contributed by atoms with E-state index in [1.165, 1.54) is 0 Å². The van der Waals surface area contributed by atoms with Gasteiger partial charge >= 0.3 is 6.09 Å². The molecule has 0 saturated carbocycles. The first-order chi connectivity index (χ1) is 12.7. The van der Waals surface area contributed by atoms with Crippen LogP contribution in [0.3, 0.4) is 0 Å². The number of likely N-dealkylation sites (tertiary alicyclic amines) is 1. The Bertz CT molecular complexity index is 733. The Morgan fingerprint density at radius 3 is 2.41 bits per heavy atom. The molecule has 2 saturated heterocycles. The van der Waals surface area contributed by atoms with Crippen molar-refractivity contribution in [1.29, 1.82) is 0 Å². The number of hydrogen-bond acceptors (Lipinski definition) is 5. The molecular weight excluding hydrogens is 346 g/mol. The number of carbonyl (C=O) groups excluding carboxylic acids is 3. The maximum Gasteiger partial charge on any atom is 0.410 e. The van der Waals surface area contributed by atoms with Crippen LogP contribution < -0.4 is 10.2 Å². The van der Waals surface area contributed by atoms with Gasteiger partial charge in [-0.1, -0.05) is 12.1 Å². The summed E-state index contributed by atoms with van der Waals surface area (Å²) in [4.78, 5) is 39.1. The number of rotatable bonds is 3. The fraction of sp³-hybridized carbons (Fsp3) is 0.550. The largest absolute Gasteiger partial charge is 0.444 e. The highest BCUT2D eigenvalue weighted by atomic mass is 16.6. The normalized spacial score (nSPS) is 18.8. The topological polar surface area (TPSA) is 79.0 Å². The standard InChI is InChI=1S/C20H27N3O4/c1-20(2,3)27-19(26)22-10-8-14(9-11-22)21-16-6-4-5-7-17(16)23-13-15(24)12-18(23)25/h4-7,14,21H,8-13H2,1-3H3. The molecule has 0 aromatic heterocycles. The molecule has 0 bridgehead atoms. The second-order valence-electron chi connectivity index (χ2n) is 8.10. The molecule has 0 radical (unpaired) electrons. The molecule has 1 N–H and O–H groups in total. The van der Waals surface area contributed by atoms with Crippen LogP contribution in [0.1, 0.15) is 40.0 Å². The lowest BCUT2D eigenvalue weighted by Crippen LogP contribution is -2.44. The van der Waals surface area contributed by atoms with E-state index in [0.717, 1.165) is 24.2 Å². The third kappa shape index (κ3) is 4.78. The molecule has 2 fully saturated rings. The minimum atomic E-state index is -0.495. The number of carbonyl (C=O) groups is 3. The number of ketones is 1. The van der Waals surface area contributed by atoms with Gasteiger partial charge in [0, 0.05) is 19.1 Å². The van der Waals surface area contributed by atoms with E-state index in [2.05, 4.69) is 5.32 Å². The van der Waals surface area contributed by atoms with Crippen LogP contribution in [0.5, 0.6) is 0 Å². The van der Waals surface area contributed by atoms with E-state index in [1.54, 1.807) is 9.80 Å². The smallest absolute Gasteiger partial charge is 0.410 e. The van der Waals surface area contributed by atoms with E-state index >= 15 is 0 Å². The number of nitrogens with one attached hydrogen (secondary N) is 1. The van der Waals surface area contributed by atoms with E-state index in [-0.39, 0.29) is 36.8 Å². The lowest BCUT2D eigenvalue weighted by Gasteiger charge is -2.34. The van der Waals surface area contributed by atoms with Gasteiger partial charge in [-0.3, -0.25) is 9.59 Å². The van der Waals surface area contributed by atoms with Crippen molar-refractivity contribution in [3.8, 4) is 0 Å². The van der Waals surface area contributed by atoms with Gasteiger partial charge in [-0.05, 0) is 45.7 Å². The van der Waals surface area contributed by atoms with Crippen molar-refractivity contribution in [2.24, 2.45) is 0 Å². The molecule has 2 heterocycles. The van der Waals surface area contributed by atoms with Gasteiger partial charge in [0.15, 0.2) is 5.78 Å². The number of hydrogen-bond donors (Lipinski definition) is 1. The SMILES string of the molecule is CC(C)(C)OC(=O)N1CCC(Nc2ccccc2N2CC(=O)CC2=O)CC1. The summed E-state index contributed by atoms with van der Waals surface area (Å²) in [5, 5.41) is 3.49. The van der Waals surface area contributed by atoms with Gasteiger partial charge in [0.05, 0.1) is 24.3 Å². The predicted octanol–water partition coefficient (Wildman–Crippen LogP) is 2.80. The molecule has 2 amide bonds. The maximum atomic E-state index is 12.2. The molecule has 27 heavy (non-hydrogen) atoms. The zero-order chi connectivity index (χ0) is 19.6. The van der Waals surface area contributed by atoms with E-state index in [0.29, 0.717) is 13.1 Å². The van der Waals surface area contributed by atoms with Crippen molar-refractivity contribution in [2.75, 3.05) is 29.9 Å². The van der Waals surface area contributed by atoms with Crippen LogP contribution in [0.25, 0.3) is 0 Å². The summed E-state index contributed by atoms with van der Waals surface area (Å²) in [7, 11) is 0. The quantitative estimate of drug-likeness (QED) is 0.824. The molecule has 0 unspecified atom stereocenters. The number of Topliss-reactive ketones (excluding diaryl/α,β-unsaturated/α-hetero) is 1. The van der Waals surface area contributed by atoms with Crippen molar-refractivity contribution in [2.45, 2.75) is 51.7 Å². The van der Waals surface area contributed by atoms with Gasteiger partial charge in [0.2, 0.25) is 5.91 Å². The molecule has 3 rings (SSSR count). The molecule has 0 spiro atoms. The number of piperidine rings is 1. The van der Waals surface area contributed by atoms with Crippen LogP contribution >= 0.6 is 0 Å². The zero-order valence-electron chi connectivity index (χ0n) is 16.2. The lowest BCUT2D eigenvalue weighted by molar-refractivity contribution is -0.121. The Hall–Kier alpha value is -2.57. The van der Waals surface area contributed by atoms with Crippen LogP contribution in [-0.2, 0) is 14.3 Å².